The zero-order valence-corrected chi connectivity index (χ0v) is 31.0. The minimum atomic E-state index is -0.330. The van der Waals surface area contributed by atoms with Crippen molar-refractivity contribution in [1.29, 1.82) is 0 Å². The molecule has 8 nitrogen and oxygen atoms in total. The van der Waals surface area contributed by atoms with E-state index in [2.05, 4.69) is 138 Å². The van der Waals surface area contributed by atoms with Gasteiger partial charge < -0.3 is 19.3 Å². The molecule has 2 aromatic heterocycles. The number of rotatable bonds is 17. The van der Waals surface area contributed by atoms with Crippen molar-refractivity contribution in [2.75, 3.05) is 25.1 Å². The van der Waals surface area contributed by atoms with Crippen LogP contribution in [0.25, 0.3) is 22.4 Å². The van der Waals surface area contributed by atoms with Crippen LogP contribution in [0.15, 0.2) is 132 Å². The number of likely N-dealkylation sites (N-methyl/N-ethyl adjacent to an activating group) is 1. The normalized spacial score (nSPS) is 11.7. The summed E-state index contributed by atoms with van der Waals surface area (Å²) in [5.74, 6) is 0.691. The minimum Gasteiger partial charge on any atom is -0.503 e. The van der Waals surface area contributed by atoms with Gasteiger partial charge in [-0.25, -0.2) is 0 Å². The lowest BCUT2D eigenvalue weighted by atomic mass is 9.88. The molecule has 53 heavy (non-hydrogen) atoms. The molecule has 0 unspecified atom stereocenters. The van der Waals surface area contributed by atoms with Crippen molar-refractivity contribution in [2.24, 2.45) is 0 Å². The number of unbranched alkanes of at least 4 members (excludes halogenated alkanes) is 3. The maximum absolute atomic E-state index is 11.6. The van der Waals surface area contributed by atoms with Crippen LogP contribution < -0.4 is 15.1 Å². The zero-order chi connectivity index (χ0) is 37.0. The quantitative estimate of drug-likeness (QED) is 0.0752. The van der Waals surface area contributed by atoms with Crippen LogP contribution in [-0.4, -0.2) is 44.9 Å². The van der Waals surface area contributed by atoms with Crippen molar-refractivity contribution in [3.63, 3.8) is 0 Å². The first-order chi connectivity index (χ1) is 25.9. The highest BCUT2D eigenvalue weighted by atomic mass is 16.5. The highest BCUT2D eigenvalue weighted by Crippen LogP contribution is 2.35. The van der Waals surface area contributed by atoms with Crippen LogP contribution in [0, 0.1) is 6.92 Å². The van der Waals surface area contributed by atoms with Crippen LogP contribution in [0.4, 0.5) is 5.69 Å². The number of aromatic nitrogens is 4. The number of aromatic hydroxyl groups is 1. The summed E-state index contributed by atoms with van der Waals surface area (Å²) in [4.78, 5) is 13.8. The molecule has 0 aliphatic carbocycles. The first-order valence-corrected chi connectivity index (χ1v) is 18.6. The Kier molecular flexibility index (Phi) is 12.6. The monoisotopic (exact) mass is 707 g/mol. The van der Waals surface area contributed by atoms with Crippen molar-refractivity contribution in [3.8, 4) is 22.8 Å². The minimum absolute atomic E-state index is 0.158. The largest absolute Gasteiger partial charge is 0.503 e. The van der Waals surface area contributed by atoms with Gasteiger partial charge in [-0.1, -0.05) is 110 Å². The van der Waals surface area contributed by atoms with Crippen molar-refractivity contribution in [2.45, 2.75) is 59.0 Å². The van der Waals surface area contributed by atoms with Crippen molar-refractivity contribution in [1.82, 2.24) is 19.6 Å². The van der Waals surface area contributed by atoms with E-state index in [1.165, 1.54) is 33.9 Å². The van der Waals surface area contributed by atoms with Gasteiger partial charge in [0, 0.05) is 43.7 Å². The summed E-state index contributed by atoms with van der Waals surface area (Å²) in [6, 6.07) is 39.6. The van der Waals surface area contributed by atoms with E-state index in [1.54, 1.807) is 13.1 Å². The molecular formula is C45H49N5O3. The van der Waals surface area contributed by atoms with Gasteiger partial charge in [0.1, 0.15) is 18.1 Å². The molecule has 0 saturated carbocycles. The predicted octanol–water partition coefficient (Wildman–Crippen LogP) is 9.27. The molecule has 0 radical (unpaired) electrons. The summed E-state index contributed by atoms with van der Waals surface area (Å²) < 4.78 is 10.1. The molecule has 2 heterocycles. The van der Waals surface area contributed by atoms with E-state index in [0.29, 0.717) is 12.3 Å². The van der Waals surface area contributed by atoms with Crippen LogP contribution >= 0.6 is 0 Å². The molecule has 0 aliphatic rings. The highest BCUT2D eigenvalue weighted by molar-refractivity contribution is 5.98. The Bertz CT molecular complexity index is 2150. The fourth-order valence-corrected chi connectivity index (χ4v) is 6.69. The first kappa shape index (κ1) is 36.9. The van der Waals surface area contributed by atoms with E-state index in [1.807, 2.05) is 15.4 Å². The average Bonchev–Trinajstić information content (AvgIpc) is 3.68. The lowest BCUT2D eigenvalue weighted by Gasteiger charge is -2.20. The van der Waals surface area contributed by atoms with E-state index in [4.69, 9.17) is 4.74 Å². The van der Waals surface area contributed by atoms with Gasteiger partial charge in [-0.3, -0.25) is 9.48 Å². The highest BCUT2D eigenvalue weighted by Gasteiger charge is 2.14. The van der Waals surface area contributed by atoms with E-state index in [-0.39, 0.29) is 11.2 Å². The van der Waals surface area contributed by atoms with Crippen LogP contribution in [0.2, 0.25) is 0 Å². The Morgan fingerprint density at radius 3 is 2.19 bits per heavy atom. The van der Waals surface area contributed by atoms with Gasteiger partial charge in [-0.15, -0.1) is 5.10 Å². The Balaban J connectivity index is 0.995. The summed E-state index contributed by atoms with van der Waals surface area (Å²) in [6.07, 6.45) is 8.79. The van der Waals surface area contributed by atoms with E-state index in [9.17, 15) is 9.90 Å². The second-order valence-corrected chi connectivity index (χ2v) is 13.4. The standard InChI is InChI=1S/C45H49N5O3/c1-4-41(35-16-9-7-10-17-35)44(36-18-11-8-12-19-36)37-22-24-40(25-23-37)53-31-30-48(3)39-21-15-20-38(32-39)42-33-50(47-46-42)28-14-6-5-13-27-49-29-26-43(51)45(52)34(49)2/h7-12,15-26,29,32-33,52H,4-6,13-14,27-28,30-31H2,1-3H3. The Hall–Kier alpha value is -5.89. The predicted molar refractivity (Wildman–Crippen MR) is 215 cm³/mol. The number of hydrogen-bond acceptors (Lipinski definition) is 6. The third kappa shape index (κ3) is 9.51. The Morgan fingerprint density at radius 2 is 1.47 bits per heavy atom. The molecule has 0 saturated heterocycles. The van der Waals surface area contributed by atoms with Gasteiger partial charge in [-0.05, 0) is 78.3 Å². The molecule has 1 N–H and O–H groups in total. The fourth-order valence-electron chi connectivity index (χ4n) is 6.69. The summed E-state index contributed by atoms with van der Waals surface area (Å²) in [6.45, 7) is 6.86. The summed E-state index contributed by atoms with van der Waals surface area (Å²) in [5.41, 5.74) is 9.46. The fraction of sp³-hybridized carbons (Fsp3) is 0.267. The lowest BCUT2D eigenvalue weighted by molar-refractivity contribution is 0.326. The number of anilines is 1. The van der Waals surface area contributed by atoms with Crippen molar-refractivity contribution >= 4 is 16.8 Å². The third-order valence-electron chi connectivity index (χ3n) is 9.75. The summed E-state index contributed by atoms with van der Waals surface area (Å²) in [7, 11) is 2.08. The number of allylic oxidation sites excluding steroid dienone is 1. The SMILES string of the molecule is CCC(=C(c1ccccc1)c1ccc(OCCN(C)c2cccc(-c3cn(CCCCCCn4ccc(=O)c(O)c4C)nn3)c2)cc1)c1ccccc1. The van der Waals surface area contributed by atoms with Crippen LogP contribution in [0.1, 0.15) is 61.4 Å². The smallest absolute Gasteiger partial charge is 0.223 e. The first-order valence-electron chi connectivity index (χ1n) is 18.6. The maximum atomic E-state index is 11.6. The van der Waals surface area contributed by atoms with E-state index in [0.717, 1.165) is 74.4 Å². The zero-order valence-electron chi connectivity index (χ0n) is 31.0. The van der Waals surface area contributed by atoms with Crippen molar-refractivity contribution in [3.05, 3.63) is 160 Å². The molecule has 4 aromatic carbocycles. The average molecular weight is 708 g/mol. The van der Waals surface area contributed by atoms with Crippen LogP contribution in [0.3, 0.4) is 0 Å². The molecular weight excluding hydrogens is 659 g/mol. The van der Waals surface area contributed by atoms with Gasteiger partial charge in [0.2, 0.25) is 5.43 Å². The maximum Gasteiger partial charge on any atom is 0.223 e. The molecule has 8 heteroatoms. The molecule has 0 amide bonds. The molecule has 6 aromatic rings. The molecule has 6 rings (SSSR count). The number of benzene rings is 4. The van der Waals surface area contributed by atoms with Gasteiger partial charge in [0.15, 0.2) is 5.75 Å². The lowest BCUT2D eigenvalue weighted by Crippen LogP contribution is -2.23. The molecule has 0 atom stereocenters. The van der Waals surface area contributed by atoms with Gasteiger partial charge >= 0.3 is 0 Å². The molecule has 272 valence electrons. The molecule has 0 aliphatic heterocycles. The van der Waals surface area contributed by atoms with E-state index >= 15 is 0 Å². The molecule has 0 spiro atoms. The van der Waals surface area contributed by atoms with Crippen LogP contribution in [0.5, 0.6) is 11.5 Å². The van der Waals surface area contributed by atoms with Gasteiger partial charge in [0.05, 0.1) is 18.4 Å². The number of pyridine rings is 1. The topological polar surface area (TPSA) is 85.4 Å². The number of nitrogens with zero attached hydrogens (tertiary/aromatic N) is 5. The number of aryl methyl sites for hydroxylation is 2. The summed E-state index contributed by atoms with van der Waals surface area (Å²) in [5, 5.41) is 18.7. The summed E-state index contributed by atoms with van der Waals surface area (Å²) >= 11 is 0. The van der Waals surface area contributed by atoms with Gasteiger partial charge in [0.25, 0.3) is 0 Å². The van der Waals surface area contributed by atoms with Crippen LogP contribution in [-0.2, 0) is 13.1 Å². The molecule has 0 bridgehead atoms. The Labute approximate surface area is 312 Å². The van der Waals surface area contributed by atoms with E-state index < -0.39 is 0 Å². The second kappa shape index (κ2) is 18.0. The third-order valence-corrected chi connectivity index (χ3v) is 9.75. The molecule has 0 fully saturated rings. The van der Waals surface area contributed by atoms with Gasteiger partial charge in [-0.2, -0.15) is 0 Å². The number of ether oxygens (including phenoxy) is 1. The number of hydrogen-bond donors (Lipinski definition) is 1. The van der Waals surface area contributed by atoms with Crippen molar-refractivity contribution < 1.29 is 9.84 Å². The second-order valence-electron chi connectivity index (χ2n) is 13.4. The Morgan fingerprint density at radius 1 is 0.792 bits per heavy atom.